The van der Waals surface area contributed by atoms with Gasteiger partial charge in [-0.1, -0.05) is 55.8 Å². The SMILES string of the molecule is CCCC(NC(=O)Oc1ccc(-c2ccccc2)cc1)C(=O)N1CCC2C1C(=O)CN2S(=O)(=O)c1cccc[n+]1[O-]. The molecule has 0 radical (unpaired) electrons. The predicted octanol–water partition coefficient (Wildman–Crippen LogP) is 2.49. The standard InChI is InChI=1S/C29H30N4O7S/c1-2-8-23(30-29(36)40-22-14-12-21(13-15-22)20-9-4-3-5-10-20)28(35)31-18-16-24-27(31)25(34)19-33(24)41(38,39)26-11-6-7-17-32(26)37/h3-7,9-15,17,23-24,27H,2,8,16,18-19H2,1H3,(H,30,36). The third kappa shape index (κ3) is 5.66. The van der Waals surface area contributed by atoms with Crippen molar-refractivity contribution in [3.05, 3.63) is 84.2 Å². The van der Waals surface area contributed by atoms with Crippen LogP contribution in [0.15, 0.2) is 84.0 Å². The molecule has 0 aliphatic carbocycles. The smallest absolute Gasteiger partial charge is 0.413 e. The summed E-state index contributed by atoms with van der Waals surface area (Å²) >= 11 is 0. The van der Waals surface area contributed by atoms with E-state index in [2.05, 4.69) is 5.32 Å². The molecule has 5 rings (SSSR count). The third-order valence-corrected chi connectivity index (χ3v) is 9.22. The zero-order chi connectivity index (χ0) is 29.1. The number of benzene rings is 2. The van der Waals surface area contributed by atoms with Crippen LogP contribution in [-0.4, -0.2) is 66.6 Å². The molecule has 2 aliphatic rings. The van der Waals surface area contributed by atoms with E-state index in [0.29, 0.717) is 18.6 Å². The van der Waals surface area contributed by atoms with Gasteiger partial charge < -0.3 is 20.2 Å². The van der Waals surface area contributed by atoms with Crippen LogP contribution in [0.4, 0.5) is 4.79 Å². The molecule has 3 aromatic rings. The summed E-state index contributed by atoms with van der Waals surface area (Å²) in [6, 6.07) is 18.0. The number of nitrogens with one attached hydrogen (secondary N) is 1. The summed E-state index contributed by atoms with van der Waals surface area (Å²) in [6.45, 7) is 1.55. The van der Waals surface area contributed by atoms with Crippen molar-refractivity contribution in [1.29, 1.82) is 0 Å². The second-order valence-electron chi connectivity index (χ2n) is 9.98. The lowest BCUT2D eigenvalue weighted by atomic mass is 10.1. The van der Waals surface area contributed by atoms with Crippen LogP contribution in [-0.2, 0) is 19.6 Å². The lowest BCUT2D eigenvalue weighted by molar-refractivity contribution is -0.646. The lowest BCUT2D eigenvalue weighted by Gasteiger charge is -2.28. The molecule has 3 atom stereocenters. The monoisotopic (exact) mass is 578 g/mol. The summed E-state index contributed by atoms with van der Waals surface area (Å²) in [4.78, 5) is 40.7. The number of rotatable bonds is 8. The van der Waals surface area contributed by atoms with E-state index in [1.54, 1.807) is 12.1 Å². The average molecular weight is 579 g/mol. The Hall–Kier alpha value is -4.29. The first-order chi connectivity index (χ1) is 19.7. The largest absolute Gasteiger partial charge is 0.618 e. The summed E-state index contributed by atoms with van der Waals surface area (Å²) < 4.78 is 33.2. The molecule has 0 spiro atoms. The molecule has 1 aromatic heterocycles. The van der Waals surface area contributed by atoms with E-state index in [-0.39, 0.29) is 17.7 Å². The molecular formula is C29H30N4O7S. The molecule has 1 N–H and O–H groups in total. The number of amides is 2. The first-order valence-electron chi connectivity index (χ1n) is 13.4. The number of aromatic nitrogens is 1. The van der Waals surface area contributed by atoms with Gasteiger partial charge in [0.05, 0.1) is 12.6 Å². The number of ketones is 1. The van der Waals surface area contributed by atoms with E-state index in [1.807, 2.05) is 49.4 Å². The summed E-state index contributed by atoms with van der Waals surface area (Å²) in [5, 5.41) is 14.3. The van der Waals surface area contributed by atoms with E-state index in [1.165, 1.54) is 23.1 Å². The van der Waals surface area contributed by atoms with E-state index in [9.17, 15) is 28.0 Å². The number of carbonyl (C=O) groups is 3. The topological polar surface area (TPSA) is 140 Å². The quantitative estimate of drug-likeness (QED) is 0.320. The summed E-state index contributed by atoms with van der Waals surface area (Å²) in [6.07, 6.45) is 1.35. The molecule has 3 unspecified atom stereocenters. The highest BCUT2D eigenvalue weighted by atomic mass is 32.2. The highest BCUT2D eigenvalue weighted by Crippen LogP contribution is 2.34. The van der Waals surface area contributed by atoms with E-state index >= 15 is 0 Å². The number of carbonyl (C=O) groups excluding carboxylic acids is 3. The molecule has 12 heteroatoms. The lowest BCUT2D eigenvalue weighted by Crippen LogP contribution is -2.53. The number of ether oxygens (including phenoxy) is 1. The van der Waals surface area contributed by atoms with Crippen LogP contribution in [0.5, 0.6) is 5.75 Å². The fourth-order valence-electron chi connectivity index (χ4n) is 5.44. The summed E-state index contributed by atoms with van der Waals surface area (Å²) in [7, 11) is -4.28. The number of pyridine rings is 1. The van der Waals surface area contributed by atoms with Crippen molar-refractivity contribution < 1.29 is 32.3 Å². The maximum Gasteiger partial charge on any atom is 0.413 e. The van der Waals surface area contributed by atoms with Crippen molar-refractivity contribution in [1.82, 2.24) is 14.5 Å². The summed E-state index contributed by atoms with van der Waals surface area (Å²) in [5.41, 5.74) is 1.97. The Labute approximate surface area is 238 Å². The molecule has 2 fully saturated rings. The predicted molar refractivity (Wildman–Crippen MR) is 148 cm³/mol. The Kier molecular flexibility index (Phi) is 8.04. The van der Waals surface area contributed by atoms with Crippen molar-refractivity contribution in [3.63, 3.8) is 0 Å². The second-order valence-corrected chi connectivity index (χ2v) is 11.8. The minimum absolute atomic E-state index is 0.135. The van der Waals surface area contributed by atoms with Gasteiger partial charge in [0.2, 0.25) is 5.91 Å². The molecule has 2 saturated heterocycles. The van der Waals surface area contributed by atoms with Gasteiger partial charge in [0.25, 0.3) is 0 Å². The Balaban J connectivity index is 1.26. The van der Waals surface area contributed by atoms with Crippen LogP contribution in [0.3, 0.4) is 0 Å². The van der Waals surface area contributed by atoms with Gasteiger partial charge in [-0.3, -0.25) is 9.59 Å². The molecule has 0 bridgehead atoms. The first kappa shape index (κ1) is 28.2. The van der Waals surface area contributed by atoms with E-state index < -0.39 is 57.5 Å². The summed E-state index contributed by atoms with van der Waals surface area (Å²) in [5.74, 6) is -0.620. The minimum atomic E-state index is -4.28. The Morgan fingerprint density at radius 3 is 2.41 bits per heavy atom. The van der Waals surface area contributed by atoms with Crippen LogP contribution >= 0.6 is 0 Å². The second kappa shape index (κ2) is 11.7. The van der Waals surface area contributed by atoms with E-state index in [0.717, 1.165) is 21.6 Å². The van der Waals surface area contributed by atoms with Crippen LogP contribution < -0.4 is 14.8 Å². The minimum Gasteiger partial charge on any atom is -0.618 e. The first-order valence-corrected chi connectivity index (χ1v) is 14.8. The number of Topliss-reactive ketones (excluding diaryl/α,β-unsaturated/α-hetero) is 1. The maximum atomic E-state index is 13.6. The number of likely N-dealkylation sites (tertiary alicyclic amines) is 1. The molecule has 2 amide bonds. The molecule has 11 nitrogen and oxygen atoms in total. The van der Waals surface area contributed by atoms with Crippen molar-refractivity contribution in [2.24, 2.45) is 0 Å². The molecule has 214 valence electrons. The van der Waals surface area contributed by atoms with Gasteiger partial charge in [-0.15, -0.1) is 0 Å². The number of hydrogen-bond donors (Lipinski definition) is 1. The fourth-order valence-corrected chi connectivity index (χ4v) is 7.10. The zero-order valence-corrected chi connectivity index (χ0v) is 23.2. The van der Waals surface area contributed by atoms with Crippen LogP contribution in [0.1, 0.15) is 26.2 Å². The molecule has 2 aromatic carbocycles. The van der Waals surface area contributed by atoms with Crippen molar-refractivity contribution in [3.8, 4) is 16.9 Å². The number of hydrogen-bond acceptors (Lipinski definition) is 7. The van der Waals surface area contributed by atoms with Crippen molar-refractivity contribution in [2.75, 3.05) is 13.1 Å². The number of fused-ring (bicyclic) bond motifs is 1. The zero-order valence-electron chi connectivity index (χ0n) is 22.4. The van der Waals surface area contributed by atoms with Crippen molar-refractivity contribution >= 4 is 27.8 Å². The molecule has 41 heavy (non-hydrogen) atoms. The maximum absolute atomic E-state index is 13.6. The van der Waals surface area contributed by atoms with Gasteiger partial charge in [-0.2, -0.15) is 9.04 Å². The van der Waals surface area contributed by atoms with Gasteiger partial charge >= 0.3 is 21.1 Å². The van der Waals surface area contributed by atoms with Gasteiger partial charge in [0.15, 0.2) is 12.0 Å². The number of nitrogens with zero attached hydrogens (tertiary/aromatic N) is 3. The molecule has 0 saturated carbocycles. The Morgan fingerprint density at radius 1 is 1.05 bits per heavy atom. The van der Waals surface area contributed by atoms with Crippen LogP contribution in [0.25, 0.3) is 11.1 Å². The van der Waals surface area contributed by atoms with Gasteiger partial charge in [0.1, 0.15) is 17.8 Å². The Bertz CT molecular complexity index is 1550. The number of sulfonamides is 1. The van der Waals surface area contributed by atoms with Crippen molar-refractivity contribution in [2.45, 2.75) is 49.3 Å². The highest BCUT2D eigenvalue weighted by Gasteiger charge is 2.55. The molecular weight excluding hydrogens is 548 g/mol. The Morgan fingerprint density at radius 2 is 1.73 bits per heavy atom. The highest BCUT2D eigenvalue weighted by molar-refractivity contribution is 7.89. The van der Waals surface area contributed by atoms with Gasteiger partial charge in [-0.25, -0.2) is 13.2 Å². The average Bonchev–Trinajstić information content (AvgIpc) is 3.55. The van der Waals surface area contributed by atoms with E-state index in [4.69, 9.17) is 4.74 Å². The third-order valence-electron chi connectivity index (χ3n) is 7.36. The molecule has 2 aliphatic heterocycles. The van der Waals surface area contributed by atoms with Gasteiger partial charge in [-0.05, 0) is 42.2 Å². The normalized spacial score (nSPS) is 19.5. The molecule has 3 heterocycles. The fraction of sp³-hybridized carbons (Fsp3) is 0.310. The van der Waals surface area contributed by atoms with Crippen LogP contribution in [0.2, 0.25) is 0 Å². The van der Waals surface area contributed by atoms with Crippen LogP contribution in [0, 0.1) is 5.21 Å². The van der Waals surface area contributed by atoms with Gasteiger partial charge in [0, 0.05) is 18.7 Å².